The first-order valence-corrected chi connectivity index (χ1v) is 15.3. The third kappa shape index (κ3) is 5.20. The van der Waals surface area contributed by atoms with Crippen molar-refractivity contribution in [1.29, 1.82) is 0 Å². The summed E-state index contributed by atoms with van der Waals surface area (Å²) in [5, 5.41) is 5.33. The Balaban J connectivity index is 1.31. The molecule has 6 rings (SSSR count). The monoisotopic (exact) mass is 601 g/mol. The number of amides is 3. The van der Waals surface area contributed by atoms with Crippen molar-refractivity contribution in [2.75, 3.05) is 7.05 Å². The lowest BCUT2D eigenvalue weighted by Crippen LogP contribution is -2.52. The van der Waals surface area contributed by atoms with Crippen molar-refractivity contribution in [2.24, 2.45) is 5.92 Å². The van der Waals surface area contributed by atoms with Gasteiger partial charge in [-0.15, -0.1) is 6.58 Å². The van der Waals surface area contributed by atoms with Crippen molar-refractivity contribution in [3.8, 4) is 22.5 Å². The van der Waals surface area contributed by atoms with E-state index in [2.05, 4.69) is 21.9 Å². The van der Waals surface area contributed by atoms with Gasteiger partial charge in [0, 0.05) is 29.5 Å². The molecule has 3 aromatic carbocycles. The average Bonchev–Trinajstić information content (AvgIpc) is 3.93. The van der Waals surface area contributed by atoms with Gasteiger partial charge in [0.05, 0.1) is 10.8 Å². The second kappa shape index (κ2) is 10.5. The molecular weight excluding hydrogens is 573 g/mol. The molecule has 9 nitrogen and oxygen atoms in total. The van der Waals surface area contributed by atoms with Gasteiger partial charge < -0.3 is 15.1 Å². The van der Waals surface area contributed by atoms with Gasteiger partial charge in [0.2, 0.25) is 10.0 Å². The van der Waals surface area contributed by atoms with Gasteiger partial charge >= 0.3 is 0 Å². The first-order valence-electron chi connectivity index (χ1n) is 13.7. The Kier molecular flexibility index (Phi) is 6.92. The molecule has 0 saturated heterocycles. The summed E-state index contributed by atoms with van der Waals surface area (Å²) in [7, 11) is -2.28. The summed E-state index contributed by atoms with van der Waals surface area (Å²) in [6, 6.07) is 17.7. The number of carbonyl (C=O) groups is 3. The van der Waals surface area contributed by atoms with Crippen LogP contribution >= 0.6 is 0 Å². The Bertz CT molecular complexity index is 1910. The van der Waals surface area contributed by atoms with E-state index < -0.39 is 44.4 Å². The Hall–Kier alpha value is -4.77. The van der Waals surface area contributed by atoms with Crippen molar-refractivity contribution < 1.29 is 31.6 Å². The molecule has 3 N–H and O–H groups in total. The Labute approximate surface area is 247 Å². The highest BCUT2D eigenvalue weighted by atomic mass is 32.2. The fourth-order valence-corrected chi connectivity index (χ4v) is 6.63. The number of halogens is 1. The number of hydrogen-bond acceptors (Lipinski definition) is 6. The molecule has 4 aromatic rings. The van der Waals surface area contributed by atoms with Gasteiger partial charge in [-0.2, -0.15) is 0 Å². The number of nitrogens with one attached hydrogen (secondary N) is 3. The summed E-state index contributed by atoms with van der Waals surface area (Å²) in [6.45, 7) is 3.72. The molecule has 2 saturated carbocycles. The van der Waals surface area contributed by atoms with E-state index >= 15 is 0 Å². The van der Waals surface area contributed by atoms with E-state index in [-0.39, 0.29) is 23.5 Å². The van der Waals surface area contributed by atoms with Crippen LogP contribution in [0.4, 0.5) is 4.39 Å². The van der Waals surface area contributed by atoms with Gasteiger partial charge in [0.15, 0.2) is 0 Å². The van der Waals surface area contributed by atoms with E-state index in [1.54, 1.807) is 42.5 Å². The number of sulfonamides is 1. The van der Waals surface area contributed by atoms with Crippen LogP contribution in [0.5, 0.6) is 0 Å². The molecule has 2 fully saturated rings. The van der Waals surface area contributed by atoms with E-state index in [4.69, 9.17) is 4.42 Å². The maximum absolute atomic E-state index is 13.5. The zero-order valence-electron chi connectivity index (χ0n) is 23.1. The molecule has 220 valence electrons. The summed E-state index contributed by atoms with van der Waals surface area (Å²) in [4.78, 5) is 39.4. The quantitative estimate of drug-likeness (QED) is 0.241. The highest BCUT2D eigenvalue weighted by molar-refractivity contribution is 7.91. The lowest BCUT2D eigenvalue weighted by molar-refractivity contribution is -0.122. The molecule has 43 heavy (non-hydrogen) atoms. The van der Waals surface area contributed by atoms with E-state index in [0.29, 0.717) is 46.3 Å². The van der Waals surface area contributed by atoms with Crippen LogP contribution in [0.3, 0.4) is 0 Å². The molecule has 2 aliphatic carbocycles. The number of rotatable bonds is 9. The minimum atomic E-state index is -3.79. The molecule has 2 aliphatic rings. The van der Waals surface area contributed by atoms with Gasteiger partial charge in [-0.3, -0.25) is 19.1 Å². The maximum Gasteiger partial charge on any atom is 0.259 e. The third-order valence-electron chi connectivity index (χ3n) is 7.95. The van der Waals surface area contributed by atoms with Crippen molar-refractivity contribution in [3.05, 3.63) is 96.3 Å². The van der Waals surface area contributed by atoms with Gasteiger partial charge in [-0.1, -0.05) is 24.3 Å². The van der Waals surface area contributed by atoms with E-state index in [0.717, 1.165) is 0 Å². The second-order valence-electron chi connectivity index (χ2n) is 10.8. The van der Waals surface area contributed by atoms with Gasteiger partial charge in [0.25, 0.3) is 17.7 Å². The fourth-order valence-electron chi connectivity index (χ4n) is 5.26. The van der Waals surface area contributed by atoms with Crippen molar-refractivity contribution in [2.45, 2.75) is 30.1 Å². The summed E-state index contributed by atoms with van der Waals surface area (Å²) in [6.07, 6.45) is 2.78. The van der Waals surface area contributed by atoms with Crippen molar-refractivity contribution >= 4 is 38.7 Å². The Morgan fingerprint density at radius 3 is 2.33 bits per heavy atom. The largest absolute Gasteiger partial charge is 0.455 e. The first kappa shape index (κ1) is 28.4. The lowest BCUT2D eigenvalue weighted by atomic mass is 9.98. The van der Waals surface area contributed by atoms with Crippen LogP contribution in [0.15, 0.2) is 83.8 Å². The smallest absolute Gasteiger partial charge is 0.259 e. The summed E-state index contributed by atoms with van der Waals surface area (Å²) >= 11 is 0. The molecule has 11 heteroatoms. The second-order valence-corrected chi connectivity index (χ2v) is 12.8. The van der Waals surface area contributed by atoms with E-state index in [9.17, 15) is 27.2 Å². The number of furan rings is 1. The number of benzene rings is 3. The normalized spacial score (nSPS) is 19.4. The highest BCUT2D eigenvalue weighted by Gasteiger charge is 2.61. The zero-order valence-corrected chi connectivity index (χ0v) is 24.0. The first-order chi connectivity index (χ1) is 20.6. The summed E-state index contributed by atoms with van der Waals surface area (Å²) < 4.78 is 46.5. The molecule has 0 spiro atoms. The van der Waals surface area contributed by atoms with Crippen LogP contribution in [0.25, 0.3) is 33.4 Å². The lowest BCUT2D eigenvalue weighted by Gasteiger charge is -2.19. The predicted octanol–water partition coefficient (Wildman–Crippen LogP) is 4.55. The van der Waals surface area contributed by atoms with Crippen LogP contribution < -0.4 is 15.4 Å². The highest BCUT2D eigenvalue weighted by Crippen LogP contribution is 2.45. The van der Waals surface area contributed by atoms with Crippen LogP contribution in [-0.4, -0.2) is 44.0 Å². The van der Waals surface area contributed by atoms with E-state index in [1.165, 1.54) is 37.4 Å². The molecule has 2 unspecified atom stereocenters. The fraction of sp³-hybridized carbons (Fsp3) is 0.219. The predicted molar refractivity (Wildman–Crippen MR) is 159 cm³/mol. The van der Waals surface area contributed by atoms with Gasteiger partial charge in [-0.25, -0.2) is 12.8 Å². The number of fused-ring (bicyclic) bond motifs is 1. The summed E-state index contributed by atoms with van der Waals surface area (Å²) in [5.41, 5.74) is 1.50. The molecule has 0 bridgehead atoms. The molecular formula is C32H28FN3O6S. The van der Waals surface area contributed by atoms with Gasteiger partial charge in [-0.05, 0) is 78.9 Å². The zero-order chi connectivity index (χ0) is 30.5. The minimum absolute atomic E-state index is 0.240. The topological polar surface area (TPSA) is 135 Å². The van der Waals surface area contributed by atoms with Crippen LogP contribution in [-0.2, 0) is 14.8 Å². The van der Waals surface area contributed by atoms with Crippen LogP contribution in [0.1, 0.15) is 40.0 Å². The molecule has 3 amide bonds. The van der Waals surface area contributed by atoms with Crippen molar-refractivity contribution in [3.63, 3.8) is 0 Å². The number of hydrogen-bond donors (Lipinski definition) is 3. The van der Waals surface area contributed by atoms with Crippen LogP contribution in [0, 0.1) is 11.7 Å². The maximum atomic E-state index is 13.5. The van der Waals surface area contributed by atoms with Crippen LogP contribution in [0.2, 0.25) is 0 Å². The molecule has 1 heterocycles. The molecule has 1 aromatic heterocycles. The Morgan fingerprint density at radius 2 is 1.67 bits per heavy atom. The Morgan fingerprint density at radius 1 is 0.977 bits per heavy atom. The molecule has 0 radical (unpaired) electrons. The third-order valence-corrected chi connectivity index (χ3v) is 9.76. The van der Waals surface area contributed by atoms with E-state index in [1.807, 2.05) is 0 Å². The molecule has 2 atom stereocenters. The standard InChI is InChI=1S/C32H28FN3O6S/c1-3-22-17-32(22,31(39)36-43(40,41)24-12-13-24)35-29(37)21-6-4-5-19(15-21)20-9-14-26-25(16-20)27(30(38)34-2)28(42-26)18-7-10-23(33)11-8-18/h3-11,14-16,22,24H,1,12-13,17H2,2H3,(H,34,38)(H,35,37)(H,36,39). The van der Waals surface area contributed by atoms with Crippen molar-refractivity contribution in [1.82, 2.24) is 15.4 Å². The summed E-state index contributed by atoms with van der Waals surface area (Å²) in [5.74, 6) is -2.21. The number of carbonyl (C=O) groups excluding carboxylic acids is 3. The SMILES string of the molecule is C=CC1CC1(NC(=O)c1cccc(-c2ccc3oc(-c4ccc(F)cc4)c(C(=O)NC)c3c2)c1)C(=O)NS(=O)(=O)C1CC1. The minimum Gasteiger partial charge on any atom is -0.455 e. The molecule has 0 aliphatic heterocycles. The average molecular weight is 602 g/mol. The van der Waals surface area contributed by atoms with Gasteiger partial charge in [0.1, 0.15) is 22.7 Å².